The number of rotatable bonds is 3. The van der Waals surface area contributed by atoms with Crippen molar-refractivity contribution in [3.8, 4) is 0 Å². The normalized spacial score (nSPS) is 29.5. The third kappa shape index (κ3) is 3.06. The van der Waals surface area contributed by atoms with E-state index >= 15 is 0 Å². The SMILES string of the molecule is CC(C)(C)c1csc(CN2[C@H](C(=O)O)C[C@H]3CCCC[C@@H]32)n1. The van der Waals surface area contributed by atoms with Crippen LogP contribution in [0.5, 0.6) is 0 Å². The molecule has 3 rings (SSSR count). The fraction of sp³-hybridized carbons (Fsp3) is 0.765. The second kappa shape index (κ2) is 5.93. The molecule has 1 aromatic heterocycles. The van der Waals surface area contributed by atoms with Crippen LogP contribution < -0.4 is 0 Å². The molecule has 0 aromatic carbocycles. The maximum absolute atomic E-state index is 11.7. The second-order valence-electron chi connectivity index (χ2n) is 7.75. The third-order valence-electron chi connectivity index (χ3n) is 5.14. The van der Waals surface area contributed by atoms with E-state index in [2.05, 4.69) is 31.1 Å². The molecule has 1 aliphatic carbocycles. The maximum Gasteiger partial charge on any atom is 0.320 e. The number of hydrogen-bond acceptors (Lipinski definition) is 4. The van der Waals surface area contributed by atoms with Crippen molar-refractivity contribution < 1.29 is 9.90 Å². The Morgan fingerprint density at radius 1 is 1.41 bits per heavy atom. The van der Waals surface area contributed by atoms with Gasteiger partial charge in [0.1, 0.15) is 11.0 Å². The van der Waals surface area contributed by atoms with Crippen molar-refractivity contribution >= 4 is 17.3 Å². The Balaban J connectivity index is 1.79. The second-order valence-corrected chi connectivity index (χ2v) is 8.69. The van der Waals surface area contributed by atoms with Crippen molar-refractivity contribution in [2.75, 3.05) is 0 Å². The van der Waals surface area contributed by atoms with Crippen LogP contribution in [0.15, 0.2) is 5.38 Å². The molecule has 1 aliphatic heterocycles. The highest BCUT2D eigenvalue weighted by atomic mass is 32.1. The monoisotopic (exact) mass is 322 g/mol. The van der Waals surface area contributed by atoms with Gasteiger partial charge in [-0.1, -0.05) is 33.6 Å². The number of carbonyl (C=O) groups is 1. The highest BCUT2D eigenvalue weighted by Crippen LogP contribution is 2.41. The maximum atomic E-state index is 11.7. The first-order chi connectivity index (χ1) is 10.4. The lowest BCUT2D eigenvalue weighted by atomic mass is 9.85. The van der Waals surface area contributed by atoms with Crippen LogP contribution in [0.4, 0.5) is 0 Å². The molecule has 2 fully saturated rings. The lowest BCUT2D eigenvalue weighted by molar-refractivity contribution is -0.142. The molecule has 2 aliphatic rings. The number of aromatic nitrogens is 1. The van der Waals surface area contributed by atoms with Gasteiger partial charge in [0.15, 0.2) is 0 Å². The Morgan fingerprint density at radius 3 is 2.77 bits per heavy atom. The standard InChI is InChI=1S/C17H26N2O2S/c1-17(2,3)14-10-22-15(18-14)9-19-12-7-5-4-6-11(12)8-13(19)16(20)21/h10-13H,4-9H2,1-3H3,(H,20,21)/t11-,12+,13+/m1/s1. The number of fused-ring (bicyclic) bond motifs is 1. The zero-order chi connectivity index (χ0) is 15.9. The zero-order valence-electron chi connectivity index (χ0n) is 13.7. The first kappa shape index (κ1) is 15.9. The Bertz CT molecular complexity index is 549. The first-order valence-electron chi connectivity index (χ1n) is 8.29. The van der Waals surface area contributed by atoms with Gasteiger partial charge in [-0.3, -0.25) is 9.69 Å². The average Bonchev–Trinajstić information content (AvgIpc) is 3.04. The van der Waals surface area contributed by atoms with E-state index in [1.54, 1.807) is 11.3 Å². The van der Waals surface area contributed by atoms with Crippen LogP contribution in [0.2, 0.25) is 0 Å². The van der Waals surface area contributed by atoms with E-state index in [4.69, 9.17) is 4.98 Å². The van der Waals surface area contributed by atoms with Crippen molar-refractivity contribution in [3.63, 3.8) is 0 Å². The minimum Gasteiger partial charge on any atom is -0.480 e. The quantitative estimate of drug-likeness (QED) is 0.923. The van der Waals surface area contributed by atoms with Gasteiger partial charge in [0.2, 0.25) is 0 Å². The topological polar surface area (TPSA) is 53.4 Å². The number of carboxylic acids is 1. The van der Waals surface area contributed by atoms with Gasteiger partial charge in [-0.15, -0.1) is 11.3 Å². The summed E-state index contributed by atoms with van der Waals surface area (Å²) in [6.45, 7) is 7.19. The average molecular weight is 322 g/mol. The molecule has 0 spiro atoms. The van der Waals surface area contributed by atoms with Gasteiger partial charge in [-0.25, -0.2) is 4.98 Å². The van der Waals surface area contributed by atoms with Gasteiger partial charge in [0.05, 0.1) is 12.2 Å². The fourth-order valence-electron chi connectivity index (χ4n) is 3.91. The summed E-state index contributed by atoms with van der Waals surface area (Å²) in [4.78, 5) is 18.6. The predicted octanol–water partition coefficient (Wildman–Crippen LogP) is 3.66. The molecule has 4 nitrogen and oxygen atoms in total. The molecular weight excluding hydrogens is 296 g/mol. The molecule has 3 atom stereocenters. The Labute approximate surface area is 136 Å². The number of nitrogens with zero attached hydrogens (tertiary/aromatic N) is 2. The largest absolute Gasteiger partial charge is 0.480 e. The minimum absolute atomic E-state index is 0.0549. The molecular formula is C17H26N2O2S. The summed E-state index contributed by atoms with van der Waals surface area (Å²) in [5, 5.41) is 12.8. The van der Waals surface area contributed by atoms with Crippen LogP contribution >= 0.6 is 11.3 Å². The molecule has 5 heteroatoms. The van der Waals surface area contributed by atoms with Crippen molar-refractivity contribution in [1.29, 1.82) is 0 Å². The van der Waals surface area contributed by atoms with E-state index in [9.17, 15) is 9.90 Å². The van der Waals surface area contributed by atoms with Gasteiger partial charge in [0.25, 0.3) is 0 Å². The van der Waals surface area contributed by atoms with Gasteiger partial charge in [-0.2, -0.15) is 0 Å². The molecule has 0 amide bonds. The number of aliphatic carboxylic acids is 1. The van der Waals surface area contributed by atoms with Gasteiger partial charge < -0.3 is 5.11 Å². The summed E-state index contributed by atoms with van der Waals surface area (Å²) in [6, 6.07) is 0.118. The van der Waals surface area contributed by atoms with Gasteiger partial charge >= 0.3 is 5.97 Å². The number of hydrogen-bond donors (Lipinski definition) is 1. The molecule has 1 N–H and O–H groups in total. The van der Waals surface area contributed by atoms with Crippen molar-refractivity contribution in [2.45, 2.75) is 76.9 Å². The number of carboxylic acid groups (broad SMARTS) is 1. The predicted molar refractivity (Wildman–Crippen MR) is 88.1 cm³/mol. The van der Waals surface area contributed by atoms with Crippen LogP contribution in [0, 0.1) is 5.92 Å². The van der Waals surface area contributed by atoms with Crippen molar-refractivity contribution in [2.24, 2.45) is 5.92 Å². The molecule has 1 saturated carbocycles. The zero-order valence-corrected chi connectivity index (χ0v) is 14.5. The molecule has 1 aromatic rings. The summed E-state index contributed by atoms with van der Waals surface area (Å²) >= 11 is 1.67. The number of thiazole rings is 1. The summed E-state index contributed by atoms with van der Waals surface area (Å²) in [6.07, 6.45) is 5.64. The molecule has 1 saturated heterocycles. The Morgan fingerprint density at radius 2 is 2.14 bits per heavy atom. The van der Waals surface area contributed by atoms with Gasteiger partial charge in [-0.05, 0) is 25.2 Å². The lowest BCUT2D eigenvalue weighted by Crippen LogP contribution is -2.41. The van der Waals surface area contributed by atoms with Crippen LogP contribution in [-0.2, 0) is 16.8 Å². The van der Waals surface area contributed by atoms with Crippen LogP contribution in [0.3, 0.4) is 0 Å². The third-order valence-corrected chi connectivity index (χ3v) is 5.98. The molecule has 0 bridgehead atoms. The van der Waals surface area contributed by atoms with E-state index < -0.39 is 5.97 Å². The highest BCUT2D eigenvalue weighted by Gasteiger charge is 2.45. The molecule has 0 radical (unpaired) electrons. The molecule has 122 valence electrons. The van der Waals surface area contributed by atoms with Gasteiger partial charge in [0, 0.05) is 16.8 Å². The van der Waals surface area contributed by atoms with Crippen LogP contribution in [-0.4, -0.2) is 33.0 Å². The van der Waals surface area contributed by atoms with Crippen LogP contribution in [0.1, 0.15) is 63.6 Å². The molecule has 2 heterocycles. The summed E-state index contributed by atoms with van der Waals surface area (Å²) in [5.74, 6) is -0.0982. The van der Waals surface area contributed by atoms with Crippen molar-refractivity contribution in [1.82, 2.24) is 9.88 Å². The molecule has 0 unspecified atom stereocenters. The Kier molecular flexibility index (Phi) is 4.29. The highest BCUT2D eigenvalue weighted by molar-refractivity contribution is 7.09. The molecule has 22 heavy (non-hydrogen) atoms. The van der Waals surface area contributed by atoms with E-state index in [0.717, 1.165) is 23.5 Å². The smallest absolute Gasteiger partial charge is 0.320 e. The van der Waals surface area contributed by atoms with Crippen LogP contribution in [0.25, 0.3) is 0 Å². The van der Waals surface area contributed by atoms with Crippen molar-refractivity contribution in [3.05, 3.63) is 16.1 Å². The first-order valence-corrected chi connectivity index (χ1v) is 9.17. The summed E-state index contributed by atoms with van der Waals surface area (Å²) in [5.41, 5.74) is 1.16. The van der Waals surface area contributed by atoms with E-state index in [0.29, 0.717) is 18.5 Å². The lowest BCUT2D eigenvalue weighted by Gasteiger charge is -2.32. The van der Waals surface area contributed by atoms with E-state index in [1.165, 1.54) is 19.3 Å². The number of likely N-dealkylation sites (tertiary alicyclic amines) is 1. The van der Waals surface area contributed by atoms with E-state index in [1.807, 2.05) is 0 Å². The van der Waals surface area contributed by atoms with E-state index in [-0.39, 0.29) is 11.5 Å². The summed E-state index contributed by atoms with van der Waals surface area (Å²) < 4.78 is 0. The fourth-order valence-corrected chi connectivity index (χ4v) is 4.94. The summed E-state index contributed by atoms with van der Waals surface area (Å²) in [7, 11) is 0. The Hall–Kier alpha value is -0.940. The minimum atomic E-state index is -0.665.